The average Bonchev–Trinajstić information content (AvgIpc) is 3.56. The molecule has 0 saturated heterocycles. The lowest BCUT2D eigenvalue weighted by molar-refractivity contribution is 1.17. The van der Waals surface area contributed by atoms with E-state index in [9.17, 15) is 0 Å². The summed E-state index contributed by atoms with van der Waals surface area (Å²) in [5.41, 5.74) is 10.6. The van der Waals surface area contributed by atoms with Crippen molar-refractivity contribution >= 4 is 21.8 Å². The van der Waals surface area contributed by atoms with Crippen LogP contribution in [-0.4, -0.2) is 19.5 Å². The number of hydrogen-bond donors (Lipinski definition) is 0. The third kappa shape index (κ3) is 5.26. The molecular formula is C45H30N4. The normalized spacial score (nSPS) is 12.7. The van der Waals surface area contributed by atoms with Crippen LogP contribution in [0.3, 0.4) is 0 Å². The quantitative estimate of drug-likeness (QED) is 0.183. The van der Waals surface area contributed by atoms with Crippen LogP contribution in [0.2, 0.25) is 0 Å². The maximum Gasteiger partial charge on any atom is 0.0899 e. The van der Waals surface area contributed by atoms with Crippen LogP contribution >= 0.6 is 0 Å². The standard InChI is InChI=1S/C45H30N4/c1-4-12-33(13-5-1)40-29-36(30-41(48-40)39-18-10-11-26-46-39)32-21-19-31(20-22-32)35-23-24-42-38(28-35)44-43(49(42)37-16-8-3-9-17-37)25-27-47-45(44)34-14-6-2-7-15-34/h1-30H/i3D,8D,9D,16D,17D. The van der Waals surface area contributed by atoms with Gasteiger partial charge in [0.05, 0.1) is 40.7 Å². The molecule has 0 saturated carbocycles. The van der Waals surface area contributed by atoms with Crippen LogP contribution < -0.4 is 0 Å². The Labute approximate surface area is 291 Å². The van der Waals surface area contributed by atoms with E-state index in [1.807, 2.05) is 84.9 Å². The molecule has 0 unspecified atom stereocenters. The maximum atomic E-state index is 8.86. The van der Waals surface area contributed by atoms with E-state index in [0.717, 1.165) is 66.9 Å². The van der Waals surface area contributed by atoms with Crippen molar-refractivity contribution in [1.82, 2.24) is 19.5 Å². The monoisotopic (exact) mass is 631 g/mol. The lowest BCUT2D eigenvalue weighted by Crippen LogP contribution is -1.93. The Bertz CT molecular complexity index is 2770. The summed E-state index contributed by atoms with van der Waals surface area (Å²) in [5.74, 6) is 0. The Kier molecular flexibility index (Phi) is 5.87. The molecule has 9 rings (SSSR count). The van der Waals surface area contributed by atoms with Gasteiger partial charge in [0.2, 0.25) is 0 Å². The molecule has 0 radical (unpaired) electrons. The van der Waals surface area contributed by atoms with Gasteiger partial charge in [0.15, 0.2) is 0 Å². The summed E-state index contributed by atoms with van der Waals surface area (Å²) in [6.07, 6.45) is 3.48. The molecule has 0 aliphatic heterocycles. The van der Waals surface area contributed by atoms with E-state index in [2.05, 4.69) is 59.6 Å². The van der Waals surface area contributed by atoms with Crippen LogP contribution in [0, 0.1) is 0 Å². The molecule has 5 aromatic carbocycles. The van der Waals surface area contributed by atoms with Crippen molar-refractivity contribution in [3.05, 3.63) is 182 Å². The zero-order valence-electron chi connectivity index (χ0n) is 31.2. The van der Waals surface area contributed by atoms with Crippen LogP contribution in [0.4, 0.5) is 0 Å². The Morgan fingerprint density at radius 2 is 1.12 bits per heavy atom. The van der Waals surface area contributed by atoms with Gasteiger partial charge in [0, 0.05) is 40.0 Å². The van der Waals surface area contributed by atoms with Gasteiger partial charge in [0.1, 0.15) is 0 Å². The van der Waals surface area contributed by atoms with Crippen molar-refractivity contribution in [2.75, 3.05) is 0 Å². The smallest absolute Gasteiger partial charge is 0.0899 e. The lowest BCUT2D eigenvalue weighted by Gasteiger charge is -2.11. The minimum absolute atomic E-state index is 0.0978. The second kappa shape index (κ2) is 12.2. The SMILES string of the molecule is [2H]c1c([2H])c([2H])c(-n2c3ccc(-c4ccc(-c5cc(-c6ccccc6)nc(-c6ccccn6)c5)cc4)cc3c3c(-c4ccccc4)nccc32)c([2H])c1[2H]. The van der Waals surface area contributed by atoms with Gasteiger partial charge in [-0.3, -0.25) is 9.97 Å². The highest BCUT2D eigenvalue weighted by atomic mass is 15.0. The topological polar surface area (TPSA) is 43.6 Å². The molecule has 0 bridgehead atoms. The Morgan fingerprint density at radius 1 is 0.449 bits per heavy atom. The summed E-state index contributed by atoms with van der Waals surface area (Å²) in [5, 5.41) is 1.68. The third-order valence-electron chi connectivity index (χ3n) is 8.81. The molecular weight excluding hydrogens is 597 g/mol. The molecule has 230 valence electrons. The largest absolute Gasteiger partial charge is 0.309 e. The fraction of sp³-hybridized carbons (Fsp3) is 0. The lowest BCUT2D eigenvalue weighted by atomic mass is 9.97. The van der Waals surface area contributed by atoms with E-state index < -0.39 is 6.04 Å². The van der Waals surface area contributed by atoms with E-state index >= 15 is 0 Å². The average molecular weight is 632 g/mol. The summed E-state index contributed by atoms with van der Waals surface area (Å²) < 4.78 is 44.5. The number of para-hydroxylation sites is 1. The fourth-order valence-electron chi connectivity index (χ4n) is 6.51. The summed E-state index contributed by atoms with van der Waals surface area (Å²) in [6, 6.07) is 44.6. The number of fused-ring (bicyclic) bond motifs is 3. The third-order valence-corrected chi connectivity index (χ3v) is 8.81. The van der Waals surface area contributed by atoms with Gasteiger partial charge in [0.25, 0.3) is 0 Å². The second-order valence-electron chi connectivity index (χ2n) is 11.7. The van der Waals surface area contributed by atoms with E-state index in [1.165, 1.54) is 0 Å². The van der Waals surface area contributed by atoms with E-state index in [0.29, 0.717) is 11.0 Å². The number of aromatic nitrogens is 4. The molecule has 49 heavy (non-hydrogen) atoms. The molecule has 4 aromatic heterocycles. The van der Waals surface area contributed by atoms with E-state index in [4.69, 9.17) is 16.8 Å². The van der Waals surface area contributed by atoms with Crippen molar-refractivity contribution < 1.29 is 6.85 Å². The van der Waals surface area contributed by atoms with Crippen molar-refractivity contribution in [2.45, 2.75) is 0 Å². The van der Waals surface area contributed by atoms with Gasteiger partial charge < -0.3 is 4.57 Å². The number of rotatable bonds is 6. The first-order valence-electron chi connectivity index (χ1n) is 18.5. The van der Waals surface area contributed by atoms with Crippen LogP contribution in [0.5, 0.6) is 0 Å². The van der Waals surface area contributed by atoms with Crippen molar-refractivity contribution in [2.24, 2.45) is 0 Å². The molecule has 0 aliphatic carbocycles. The van der Waals surface area contributed by atoms with Crippen molar-refractivity contribution in [1.29, 1.82) is 0 Å². The summed E-state index contributed by atoms with van der Waals surface area (Å²) >= 11 is 0. The number of benzene rings is 5. The van der Waals surface area contributed by atoms with Crippen molar-refractivity contribution in [3.63, 3.8) is 0 Å². The van der Waals surface area contributed by atoms with Crippen molar-refractivity contribution in [3.8, 4) is 61.8 Å². The van der Waals surface area contributed by atoms with Gasteiger partial charge in [-0.05, 0) is 76.8 Å². The first-order valence-corrected chi connectivity index (χ1v) is 16.0. The van der Waals surface area contributed by atoms with Gasteiger partial charge in [-0.2, -0.15) is 0 Å². The van der Waals surface area contributed by atoms with E-state index in [-0.39, 0.29) is 29.9 Å². The second-order valence-corrected chi connectivity index (χ2v) is 11.7. The molecule has 0 N–H and O–H groups in total. The van der Waals surface area contributed by atoms with Gasteiger partial charge in [-0.15, -0.1) is 0 Å². The first kappa shape index (κ1) is 23.6. The molecule has 0 atom stereocenters. The highest BCUT2D eigenvalue weighted by Crippen LogP contribution is 2.39. The van der Waals surface area contributed by atoms with Crippen LogP contribution in [-0.2, 0) is 0 Å². The van der Waals surface area contributed by atoms with Crippen LogP contribution in [0.25, 0.3) is 83.6 Å². The Morgan fingerprint density at radius 3 is 1.86 bits per heavy atom. The number of pyridine rings is 3. The number of hydrogen-bond acceptors (Lipinski definition) is 3. The first-order chi connectivity index (χ1) is 26.4. The van der Waals surface area contributed by atoms with Gasteiger partial charge in [-0.1, -0.05) is 115 Å². The minimum Gasteiger partial charge on any atom is -0.309 e. The van der Waals surface area contributed by atoms with Crippen LogP contribution in [0.1, 0.15) is 6.85 Å². The summed E-state index contributed by atoms with van der Waals surface area (Å²) in [6.45, 7) is 0. The Hall–Kier alpha value is -6.65. The molecule has 0 spiro atoms. The summed E-state index contributed by atoms with van der Waals surface area (Å²) in [4.78, 5) is 14.4. The molecule has 4 nitrogen and oxygen atoms in total. The van der Waals surface area contributed by atoms with Crippen LogP contribution in [0.15, 0.2) is 182 Å². The number of nitrogens with zero attached hydrogens (tertiary/aromatic N) is 4. The molecule has 9 aromatic rings. The summed E-state index contributed by atoms with van der Waals surface area (Å²) in [7, 11) is 0. The zero-order chi connectivity index (χ0) is 36.9. The van der Waals surface area contributed by atoms with Gasteiger partial charge >= 0.3 is 0 Å². The Balaban J connectivity index is 1.21. The predicted octanol–water partition coefficient (Wildman–Crippen LogP) is 11.3. The fourth-order valence-corrected chi connectivity index (χ4v) is 6.51. The molecule has 0 aliphatic rings. The van der Waals surface area contributed by atoms with E-state index in [1.54, 1.807) is 17.0 Å². The van der Waals surface area contributed by atoms with Gasteiger partial charge in [-0.25, -0.2) is 4.98 Å². The zero-order valence-corrected chi connectivity index (χ0v) is 26.2. The minimum atomic E-state index is -0.428. The predicted molar refractivity (Wildman–Crippen MR) is 201 cm³/mol. The molecule has 0 fully saturated rings. The molecule has 0 amide bonds. The highest BCUT2D eigenvalue weighted by molar-refractivity contribution is 6.15. The highest BCUT2D eigenvalue weighted by Gasteiger charge is 2.18. The molecule has 4 heterocycles. The maximum absolute atomic E-state index is 8.86. The molecule has 4 heteroatoms.